The van der Waals surface area contributed by atoms with Crippen LogP contribution in [-0.2, 0) is 11.0 Å². The third-order valence-corrected chi connectivity index (χ3v) is 5.95. The van der Waals surface area contributed by atoms with Crippen LogP contribution in [0.1, 0.15) is 70.3 Å². The van der Waals surface area contributed by atoms with Crippen molar-refractivity contribution in [3.8, 4) is 0 Å². The minimum Gasteiger partial charge on any atom is -0.356 e. The van der Waals surface area contributed by atoms with Crippen molar-refractivity contribution in [1.82, 2.24) is 5.32 Å². The number of alkyl halides is 3. The van der Waals surface area contributed by atoms with Gasteiger partial charge in [0.1, 0.15) is 0 Å². The molecule has 2 N–H and O–H groups in total. The molecule has 0 atom stereocenters. The molecule has 0 aliphatic carbocycles. The number of unbranched alkanes of at least 4 members (excludes halogenated alkanes) is 6. The van der Waals surface area contributed by atoms with Crippen LogP contribution in [-0.4, -0.2) is 30.0 Å². The first-order valence-electron chi connectivity index (χ1n) is 12.9. The van der Waals surface area contributed by atoms with Crippen LogP contribution in [0.25, 0.3) is 0 Å². The highest BCUT2D eigenvalue weighted by Gasteiger charge is 2.31. The fourth-order valence-electron chi connectivity index (χ4n) is 3.85. The molecule has 0 aromatic heterocycles. The molecule has 0 fully saturated rings. The van der Waals surface area contributed by atoms with Crippen molar-refractivity contribution in [3.05, 3.63) is 64.2 Å². The molecular weight excluding hydrogens is 501 g/mol. The number of benzene rings is 2. The molecule has 0 saturated carbocycles. The van der Waals surface area contributed by atoms with Crippen LogP contribution in [0.3, 0.4) is 0 Å². The van der Waals surface area contributed by atoms with Crippen molar-refractivity contribution in [2.45, 2.75) is 70.9 Å². The molecule has 11 heteroatoms. The number of hydrogen-bond acceptors (Lipinski definition) is 4. The Balaban J connectivity index is 1.95. The van der Waals surface area contributed by atoms with E-state index in [0.29, 0.717) is 12.8 Å². The van der Waals surface area contributed by atoms with Crippen LogP contribution in [0, 0.1) is 10.1 Å². The lowest BCUT2D eigenvalue weighted by Gasteiger charge is -2.24. The number of urea groups is 1. The summed E-state index contributed by atoms with van der Waals surface area (Å²) in [5.74, 6) is -0.0977. The molecule has 208 valence electrons. The number of carbonyl (C=O) groups is 2. The first-order chi connectivity index (χ1) is 18.1. The van der Waals surface area contributed by atoms with Gasteiger partial charge in [-0.3, -0.25) is 19.8 Å². The number of halogens is 3. The summed E-state index contributed by atoms with van der Waals surface area (Å²) in [5, 5.41) is 16.2. The van der Waals surface area contributed by atoms with Crippen LogP contribution < -0.4 is 15.5 Å². The lowest BCUT2D eigenvalue weighted by atomic mass is 10.1. The van der Waals surface area contributed by atoms with E-state index in [0.717, 1.165) is 36.3 Å². The number of nitro benzene ring substituents is 1. The van der Waals surface area contributed by atoms with Crippen molar-refractivity contribution >= 4 is 29.0 Å². The lowest BCUT2D eigenvalue weighted by Crippen LogP contribution is -2.37. The maximum Gasteiger partial charge on any atom is 0.416 e. The Hall–Kier alpha value is -3.63. The van der Waals surface area contributed by atoms with Gasteiger partial charge in [-0.15, -0.1) is 0 Å². The van der Waals surface area contributed by atoms with E-state index in [1.165, 1.54) is 62.1 Å². The van der Waals surface area contributed by atoms with E-state index >= 15 is 0 Å². The van der Waals surface area contributed by atoms with Gasteiger partial charge in [-0.05, 0) is 43.2 Å². The summed E-state index contributed by atoms with van der Waals surface area (Å²) in [7, 11) is 0. The number of amides is 3. The van der Waals surface area contributed by atoms with Gasteiger partial charge in [0.15, 0.2) is 0 Å². The molecule has 0 aliphatic rings. The van der Waals surface area contributed by atoms with Crippen molar-refractivity contribution in [3.63, 3.8) is 0 Å². The number of nitrogens with zero attached hydrogens (tertiary/aromatic N) is 2. The third kappa shape index (κ3) is 10.8. The highest BCUT2D eigenvalue weighted by molar-refractivity contribution is 6.01. The monoisotopic (exact) mass is 536 g/mol. The molecule has 0 heterocycles. The molecule has 0 radical (unpaired) electrons. The highest BCUT2D eigenvalue weighted by atomic mass is 19.4. The SMILES string of the molecule is CCCCCCCCCC(=O)NCCCN(C(=O)Nc1ccc([N+](=O)[O-])cc1)c1cccc(C(F)(F)F)c1. The molecule has 8 nitrogen and oxygen atoms in total. The Morgan fingerprint density at radius 2 is 1.61 bits per heavy atom. The second-order valence-corrected chi connectivity index (χ2v) is 9.01. The zero-order valence-corrected chi connectivity index (χ0v) is 21.6. The zero-order chi connectivity index (χ0) is 28.0. The first kappa shape index (κ1) is 30.6. The fraction of sp³-hybridized carbons (Fsp3) is 0.481. The Bertz CT molecular complexity index is 1050. The average molecular weight is 537 g/mol. The van der Waals surface area contributed by atoms with Gasteiger partial charge in [-0.25, -0.2) is 4.79 Å². The molecule has 0 saturated heterocycles. The van der Waals surface area contributed by atoms with Gasteiger partial charge in [-0.2, -0.15) is 13.2 Å². The fourth-order valence-corrected chi connectivity index (χ4v) is 3.85. The second-order valence-electron chi connectivity index (χ2n) is 9.01. The standard InChI is InChI=1S/C27H35F3N4O4/c1-2-3-4-5-6-7-8-13-25(35)31-18-10-19-33(24-12-9-11-21(20-24)27(28,29)30)26(36)32-22-14-16-23(17-15-22)34(37)38/h9,11-12,14-17,20H,2-8,10,13,18-19H2,1H3,(H,31,35)(H,32,36). The van der Waals surface area contributed by atoms with Crippen LogP contribution in [0.5, 0.6) is 0 Å². The summed E-state index contributed by atoms with van der Waals surface area (Å²) < 4.78 is 39.8. The Labute approximate surface area is 220 Å². The zero-order valence-electron chi connectivity index (χ0n) is 21.6. The van der Waals surface area contributed by atoms with E-state index in [1.54, 1.807) is 0 Å². The number of anilines is 2. The van der Waals surface area contributed by atoms with Gasteiger partial charge in [0.05, 0.1) is 10.5 Å². The van der Waals surface area contributed by atoms with Gasteiger partial charge in [0.2, 0.25) is 5.91 Å². The highest BCUT2D eigenvalue weighted by Crippen LogP contribution is 2.32. The molecule has 0 bridgehead atoms. The summed E-state index contributed by atoms with van der Waals surface area (Å²) in [6, 6.07) is 8.81. The molecule has 2 rings (SSSR count). The lowest BCUT2D eigenvalue weighted by molar-refractivity contribution is -0.384. The van der Waals surface area contributed by atoms with Crippen LogP contribution in [0.4, 0.5) is 35.0 Å². The summed E-state index contributed by atoms with van der Waals surface area (Å²) in [5.41, 5.74) is -0.773. The Morgan fingerprint density at radius 1 is 0.947 bits per heavy atom. The number of nitro groups is 1. The Morgan fingerprint density at radius 3 is 2.24 bits per heavy atom. The van der Waals surface area contributed by atoms with E-state index < -0.39 is 22.7 Å². The van der Waals surface area contributed by atoms with Crippen molar-refractivity contribution in [2.24, 2.45) is 0 Å². The Kier molecular flexibility index (Phi) is 12.5. The van der Waals surface area contributed by atoms with Crippen molar-refractivity contribution in [2.75, 3.05) is 23.3 Å². The number of hydrogen-bond donors (Lipinski definition) is 2. The smallest absolute Gasteiger partial charge is 0.356 e. The predicted molar refractivity (Wildman–Crippen MR) is 141 cm³/mol. The number of non-ortho nitro benzene ring substituents is 1. The minimum absolute atomic E-state index is 0.0358. The van der Waals surface area contributed by atoms with Gasteiger partial charge >= 0.3 is 12.2 Å². The minimum atomic E-state index is -4.58. The van der Waals surface area contributed by atoms with E-state index in [4.69, 9.17) is 0 Å². The number of rotatable bonds is 15. The van der Waals surface area contributed by atoms with Crippen molar-refractivity contribution in [1.29, 1.82) is 0 Å². The maximum atomic E-state index is 13.3. The van der Waals surface area contributed by atoms with Crippen molar-refractivity contribution < 1.29 is 27.7 Å². The van der Waals surface area contributed by atoms with Crippen LogP contribution in [0.15, 0.2) is 48.5 Å². The molecule has 0 aliphatic heterocycles. The van der Waals surface area contributed by atoms with E-state index in [2.05, 4.69) is 17.6 Å². The van der Waals surface area contributed by atoms with Gasteiger partial charge in [0.25, 0.3) is 5.69 Å². The van der Waals surface area contributed by atoms with Gasteiger partial charge in [-0.1, -0.05) is 51.5 Å². The third-order valence-electron chi connectivity index (χ3n) is 5.95. The summed E-state index contributed by atoms with van der Waals surface area (Å²) in [6.07, 6.45) is 3.82. The molecule has 3 amide bonds. The second kappa shape index (κ2) is 15.6. The maximum absolute atomic E-state index is 13.3. The topological polar surface area (TPSA) is 105 Å². The van der Waals surface area contributed by atoms with Gasteiger partial charge in [0, 0.05) is 43.0 Å². The van der Waals surface area contributed by atoms with E-state index in [9.17, 15) is 32.9 Å². The number of carbonyl (C=O) groups excluding carboxylic acids is 2. The molecular formula is C27H35F3N4O4. The normalized spacial score (nSPS) is 11.2. The molecule has 0 spiro atoms. The number of nitrogens with one attached hydrogen (secondary N) is 2. The predicted octanol–water partition coefficient (Wildman–Crippen LogP) is 7.30. The average Bonchev–Trinajstić information content (AvgIpc) is 2.88. The molecule has 2 aromatic carbocycles. The summed E-state index contributed by atoms with van der Waals surface area (Å²) >= 11 is 0. The van der Waals surface area contributed by atoms with Crippen LogP contribution in [0.2, 0.25) is 0 Å². The van der Waals surface area contributed by atoms with Gasteiger partial charge < -0.3 is 10.6 Å². The van der Waals surface area contributed by atoms with E-state index in [-0.39, 0.29) is 36.1 Å². The summed E-state index contributed by atoms with van der Waals surface area (Å²) in [4.78, 5) is 36.5. The van der Waals surface area contributed by atoms with E-state index in [1.807, 2.05) is 0 Å². The summed E-state index contributed by atoms with van der Waals surface area (Å²) in [6.45, 7) is 2.46. The molecule has 0 unspecified atom stereocenters. The van der Waals surface area contributed by atoms with Crippen LogP contribution >= 0.6 is 0 Å². The largest absolute Gasteiger partial charge is 0.416 e. The molecule has 38 heavy (non-hydrogen) atoms. The first-order valence-corrected chi connectivity index (χ1v) is 12.9. The quantitative estimate of drug-likeness (QED) is 0.142. The molecule has 2 aromatic rings.